The van der Waals surface area contributed by atoms with Crippen LogP contribution in [-0.2, 0) is 18.9 Å². The SMILES string of the molecule is COCCOCCCOC(=O)OC. The molecule has 0 unspecified atom stereocenters. The number of rotatable bonds is 7. The van der Waals surface area contributed by atoms with Crippen LogP contribution in [0.15, 0.2) is 0 Å². The first-order valence-electron chi connectivity index (χ1n) is 4.08. The van der Waals surface area contributed by atoms with Crippen molar-refractivity contribution in [2.75, 3.05) is 40.6 Å². The molecule has 0 fully saturated rings. The maximum Gasteiger partial charge on any atom is 0.507 e. The highest BCUT2D eigenvalue weighted by atomic mass is 16.7. The van der Waals surface area contributed by atoms with Crippen molar-refractivity contribution >= 4 is 6.16 Å². The highest BCUT2D eigenvalue weighted by Crippen LogP contribution is 1.88. The van der Waals surface area contributed by atoms with Crippen LogP contribution in [0.2, 0.25) is 0 Å². The van der Waals surface area contributed by atoms with E-state index in [0.717, 1.165) is 0 Å². The summed E-state index contributed by atoms with van der Waals surface area (Å²) < 4.78 is 18.8. The van der Waals surface area contributed by atoms with E-state index in [4.69, 9.17) is 9.47 Å². The molecule has 13 heavy (non-hydrogen) atoms. The maximum absolute atomic E-state index is 10.4. The zero-order valence-electron chi connectivity index (χ0n) is 8.08. The third kappa shape index (κ3) is 9.10. The summed E-state index contributed by atoms with van der Waals surface area (Å²) in [7, 11) is 2.89. The zero-order chi connectivity index (χ0) is 9.94. The lowest BCUT2D eigenvalue weighted by Crippen LogP contribution is -2.09. The highest BCUT2D eigenvalue weighted by molar-refractivity contribution is 5.59. The van der Waals surface area contributed by atoms with Gasteiger partial charge < -0.3 is 18.9 Å². The van der Waals surface area contributed by atoms with Crippen LogP contribution in [0.3, 0.4) is 0 Å². The largest absolute Gasteiger partial charge is 0.507 e. The van der Waals surface area contributed by atoms with E-state index >= 15 is 0 Å². The Bertz CT molecular complexity index is 126. The Morgan fingerprint density at radius 1 is 1.08 bits per heavy atom. The molecule has 0 aromatic carbocycles. The van der Waals surface area contributed by atoms with Crippen LogP contribution < -0.4 is 0 Å². The van der Waals surface area contributed by atoms with Crippen molar-refractivity contribution in [2.24, 2.45) is 0 Å². The fourth-order valence-electron chi connectivity index (χ4n) is 0.620. The molecule has 0 aliphatic carbocycles. The Balaban J connectivity index is 2.95. The van der Waals surface area contributed by atoms with E-state index in [1.54, 1.807) is 7.11 Å². The van der Waals surface area contributed by atoms with Crippen LogP contribution in [0.25, 0.3) is 0 Å². The molecule has 0 atom stereocenters. The first kappa shape index (κ1) is 12.2. The molecule has 0 aliphatic rings. The standard InChI is InChI=1S/C8H16O5/c1-10-6-7-12-4-3-5-13-8(9)11-2/h3-7H2,1-2H3. The molecule has 0 spiro atoms. The minimum atomic E-state index is -0.656. The normalized spacial score (nSPS) is 9.69. The Morgan fingerprint density at radius 3 is 2.46 bits per heavy atom. The van der Waals surface area contributed by atoms with Crippen molar-refractivity contribution in [3.8, 4) is 0 Å². The molecule has 0 aliphatic heterocycles. The number of carbonyl (C=O) groups excluding carboxylic acids is 1. The lowest BCUT2D eigenvalue weighted by Gasteiger charge is -2.04. The van der Waals surface area contributed by atoms with Crippen LogP contribution in [0, 0.1) is 0 Å². The molecule has 78 valence electrons. The molecule has 5 nitrogen and oxygen atoms in total. The van der Waals surface area contributed by atoms with Gasteiger partial charge in [0.1, 0.15) is 0 Å². The number of methoxy groups -OCH3 is 2. The molecule has 0 amide bonds. The molecule has 0 aromatic rings. The van der Waals surface area contributed by atoms with Crippen molar-refractivity contribution in [2.45, 2.75) is 6.42 Å². The van der Waals surface area contributed by atoms with Crippen molar-refractivity contribution in [3.63, 3.8) is 0 Å². The van der Waals surface area contributed by atoms with E-state index in [1.165, 1.54) is 7.11 Å². The lowest BCUT2D eigenvalue weighted by atomic mass is 10.5. The molecule has 0 saturated heterocycles. The van der Waals surface area contributed by atoms with E-state index in [-0.39, 0.29) is 0 Å². The van der Waals surface area contributed by atoms with Gasteiger partial charge in [-0.05, 0) is 0 Å². The first-order chi connectivity index (χ1) is 6.31. The van der Waals surface area contributed by atoms with Gasteiger partial charge >= 0.3 is 6.16 Å². The van der Waals surface area contributed by atoms with Gasteiger partial charge in [0.25, 0.3) is 0 Å². The van der Waals surface area contributed by atoms with Gasteiger partial charge in [-0.2, -0.15) is 0 Å². The third-order valence-electron chi connectivity index (χ3n) is 1.25. The van der Waals surface area contributed by atoms with Gasteiger partial charge in [-0.3, -0.25) is 0 Å². The van der Waals surface area contributed by atoms with E-state index in [0.29, 0.717) is 32.8 Å². The van der Waals surface area contributed by atoms with E-state index < -0.39 is 6.16 Å². The van der Waals surface area contributed by atoms with Gasteiger partial charge in [-0.25, -0.2) is 4.79 Å². The van der Waals surface area contributed by atoms with Crippen LogP contribution in [-0.4, -0.2) is 46.8 Å². The zero-order valence-corrected chi connectivity index (χ0v) is 8.08. The number of ether oxygens (including phenoxy) is 4. The predicted molar refractivity (Wildman–Crippen MR) is 45.7 cm³/mol. The van der Waals surface area contributed by atoms with Gasteiger partial charge in [-0.1, -0.05) is 0 Å². The summed E-state index contributed by atoms with van der Waals surface area (Å²) in [6.07, 6.45) is 0.00983. The average Bonchev–Trinajstić information content (AvgIpc) is 2.16. The Hall–Kier alpha value is -0.810. The van der Waals surface area contributed by atoms with Crippen LogP contribution in [0.4, 0.5) is 4.79 Å². The predicted octanol–water partition coefficient (Wildman–Crippen LogP) is 0.823. The molecule has 0 aromatic heterocycles. The summed E-state index contributed by atoms with van der Waals surface area (Å²) in [5.74, 6) is 0. The Morgan fingerprint density at radius 2 is 1.85 bits per heavy atom. The number of carbonyl (C=O) groups is 1. The third-order valence-corrected chi connectivity index (χ3v) is 1.25. The number of hydrogen-bond donors (Lipinski definition) is 0. The maximum atomic E-state index is 10.4. The first-order valence-corrected chi connectivity index (χ1v) is 4.08. The molecule has 0 rings (SSSR count). The summed E-state index contributed by atoms with van der Waals surface area (Å²) in [6.45, 7) is 2.02. The lowest BCUT2D eigenvalue weighted by molar-refractivity contribution is 0.0451. The fourth-order valence-corrected chi connectivity index (χ4v) is 0.620. The van der Waals surface area contributed by atoms with E-state index in [1.807, 2.05) is 0 Å². The highest BCUT2D eigenvalue weighted by Gasteiger charge is 1.98. The molecular formula is C8H16O5. The molecule has 0 saturated carbocycles. The van der Waals surface area contributed by atoms with Crippen LogP contribution in [0.5, 0.6) is 0 Å². The van der Waals surface area contributed by atoms with Gasteiger partial charge in [0.2, 0.25) is 0 Å². The molecular weight excluding hydrogens is 176 g/mol. The van der Waals surface area contributed by atoms with Gasteiger partial charge in [-0.15, -0.1) is 0 Å². The second kappa shape index (κ2) is 9.28. The smallest absolute Gasteiger partial charge is 0.438 e. The van der Waals surface area contributed by atoms with E-state index in [2.05, 4.69) is 9.47 Å². The molecule has 0 N–H and O–H groups in total. The molecule has 5 heteroatoms. The molecule has 0 radical (unpaired) electrons. The van der Waals surface area contributed by atoms with Gasteiger partial charge in [0.15, 0.2) is 0 Å². The van der Waals surface area contributed by atoms with Gasteiger partial charge in [0, 0.05) is 20.1 Å². The summed E-state index contributed by atoms with van der Waals surface area (Å²) >= 11 is 0. The molecule has 0 bridgehead atoms. The topological polar surface area (TPSA) is 54.0 Å². The Labute approximate surface area is 77.9 Å². The summed E-state index contributed by atoms with van der Waals surface area (Å²) in [5.41, 5.74) is 0. The number of hydrogen-bond acceptors (Lipinski definition) is 5. The molecule has 0 heterocycles. The monoisotopic (exact) mass is 192 g/mol. The second-order valence-electron chi connectivity index (χ2n) is 2.26. The quantitative estimate of drug-likeness (QED) is 0.441. The summed E-state index contributed by atoms with van der Waals surface area (Å²) in [6, 6.07) is 0. The second-order valence-corrected chi connectivity index (χ2v) is 2.26. The summed E-state index contributed by atoms with van der Waals surface area (Å²) in [4.78, 5) is 10.4. The van der Waals surface area contributed by atoms with Crippen molar-refractivity contribution in [1.82, 2.24) is 0 Å². The van der Waals surface area contributed by atoms with Crippen molar-refractivity contribution < 1.29 is 23.7 Å². The minimum absolute atomic E-state index is 0.319. The average molecular weight is 192 g/mol. The van der Waals surface area contributed by atoms with Crippen molar-refractivity contribution in [3.05, 3.63) is 0 Å². The fraction of sp³-hybridized carbons (Fsp3) is 0.875. The van der Waals surface area contributed by atoms with Crippen LogP contribution in [0.1, 0.15) is 6.42 Å². The van der Waals surface area contributed by atoms with Crippen molar-refractivity contribution in [1.29, 1.82) is 0 Å². The summed E-state index contributed by atoms with van der Waals surface area (Å²) in [5, 5.41) is 0. The Kier molecular flexibility index (Phi) is 8.70. The van der Waals surface area contributed by atoms with E-state index in [9.17, 15) is 4.79 Å². The minimum Gasteiger partial charge on any atom is -0.438 e. The van der Waals surface area contributed by atoms with Crippen LogP contribution >= 0.6 is 0 Å². The van der Waals surface area contributed by atoms with Gasteiger partial charge in [0.05, 0.1) is 26.9 Å².